The minimum absolute atomic E-state index is 1.07. The molecular weight excluding hydrogens is 172 g/mol. The van der Waals surface area contributed by atoms with E-state index in [4.69, 9.17) is 0 Å². The van der Waals surface area contributed by atoms with E-state index in [-0.39, 0.29) is 0 Å². The van der Waals surface area contributed by atoms with Gasteiger partial charge >= 0.3 is 0 Å². The van der Waals surface area contributed by atoms with Crippen LogP contribution >= 0.6 is 0 Å². The predicted molar refractivity (Wildman–Crippen MR) is 58.7 cm³/mol. The quantitative estimate of drug-likeness (QED) is 0.555. The number of allylic oxidation sites excluding steroid dienone is 4. The number of fused-ring (bicyclic) bond motifs is 1. The molecule has 2 heteroatoms. The third-order valence-corrected chi connectivity index (χ3v) is 3.18. The van der Waals surface area contributed by atoms with Crippen LogP contribution in [-0.4, -0.2) is 11.4 Å². The summed E-state index contributed by atoms with van der Waals surface area (Å²) < 4.78 is 0. The Labute approximate surface area is 84.1 Å². The van der Waals surface area contributed by atoms with Crippen LogP contribution in [0.5, 0.6) is 0 Å². The van der Waals surface area contributed by atoms with Crippen molar-refractivity contribution in [3.63, 3.8) is 0 Å². The highest BCUT2D eigenvalue weighted by Crippen LogP contribution is 2.41. The van der Waals surface area contributed by atoms with Crippen LogP contribution in [0, 0.1) is 0 Å². The maximum Gasteiger partial charge on any atom is 0.0446 e. The maximum absolute atomic E-state index is 4.61. The Kier molecular flexibility index (Phi) is 1.55. The third-order valence-electron chi connectivity index (χ3n) is 3.18. The Hall–Kier alpha value is -1.18. The van der Waals surface area contributed by atoms with Gasteiger partial charge in [0, 0.05) is 35.7 Å². The molecule has 2 aliphatic heterocycles. The molecule has 0 bridgehead atoms. The van der Waals surface area contributed by atoms with Gasteiger partial charge in [-0.25, -0.2) is 0 Å². The predicted octanol–water partition coefficient (Wildman–Crippen LogP) is 3.02. The van der Waals surface area contributed by atoms with Gasteiger partial charge < -0.3 is 0 Å². The molecule has 2 nitrogen and oxygen atoms in total. The van der Waals surface area contributed by atoms with Gasteiger partial charge in [-0.05, 0) is 37.8 Å². The molecule has 3 aliphatic rings. The van der Waals surface area contributed by atoms with Crippen molar-refractivity contribution < 1.29 is 0 Å². The molecule has 72 valence electrons. The lowest BCUT2D eigenvalue weighted by atomic mass is 9.90. The van der Waals surface area contributed by atoms with Crippen LogP contribution in [0.3, 0.4) is 0 Å². The fraction of sp³-hybridized carbons (Fsp3) is 0.500. The minimum Gasteiger partial charge on any atom is -0.262 e. The summed E-state index contributed by atoms with van der Waals surface area (Å²) in [5, 5.41) is 0. The summed E-state index contributed by atoms with van der Waals surface area (Å²) in [6.07, 6.45) is 4.33. The molecule has 0 spiro atoms. The summed E-state index contributed by atoms with van der Waals surface area (Å²) in [4.78, 5) is 9.21. The molecule has 0 amide bonds. The smallest absolute Gasteiger partial charge is 0.0446 e. The Morgan fingerprint density at radius 3 is 1.64 bits per heavy atom. The lowest BCUT2D eigenvalue weighted by molar-refractivity contribution is 0.857. The standard InChI is InChI=1S/C12H14N2/c1-7-5-9-10-6-8(2)14-12(10)4-3-11(9)13-7/h3-6H2,1-2H3. The van der Waals surface area contributed by atoms with Crippen molar-refractivity contribution in [2.75, 3.05) is 0 Å². The molecular formula is C12H14N2. The monoisotopic (exact) mass is 186 g/mol. The highest BCUT2D eigenvalue weighted by atomic mass is 14.8. The molecule has 0 aromatic carbocycles. The number of hydrogen-bond donors (Lipinski definition) is 0. The summed E-state index contributed by atoms with van der Waals surface area (Å²) >= 11 is 0. The highest BCUT2D eigenvalue weighted by molar-refractivity contribution is 5.93. The van der Waals surface area contributed by atoms with Crippen molar-refractivity contribution in [1.82, 2.24) is 0 Å². The molecule has 0 radical (unpaired) electrons. The van der Waals surface area contributed by atoms with Crippen LogP contribution in [0.1, 0.15) is 39.5 Å². The van der Waals surface area contributed by atoms with Crippen molar-refractivity contribution in [2.24, 2.45) is 9.98 Å². The molecule has 0 unspecified atom stereocenters. The zero-order chi connectivity index (χ0) is 9.71. The fourth-order valence-electron chi connectivity index (χ4n) is 2.60. The molecule has 3 rings (SSSR count). The highest BCUT2D eigenvalue weighted by Gasteiger charge is 2.28. The normalized spacial score (nSPS) is 25.0. The van der Waals surface area contributed by atoms with Gasteiger partial charge in [0.15, 0.2) is 0 Å². The van der Waals surface area contributed by atoms with Crippen molar-refractivity contribution >= 4 is 11.4 Å². The van der Waals surface area contributed by atoms with Gasteiger partial charge in [0.2, 0.25) is 0 Å². The van der Waals surface area contributed by atoms with E-state index in [1.807, 2.05) is 0 Å². The van der Waals surface area contributed by atoms with Crippen molar-refractivity contribution in [3.8, 4) is 0 Å². The van der Waals surface area contributed by atoms with E-state index in [0.29, 0.717) is 0 Å². The van der Waals surface area contributed by atoms with Crippen molar-refractivity contribution in [1.29, 1.82) is 0 Å². The number of hydrogen-bond acceptors (Lipinski definition) is 2. The van der Waals surface area contributed by atoms with E-state index in [9.17, 15) is 0 Å². The van der Waals surface area contributed by atoms with E-state index in [1.165, 1.54) is 34.0 Å². The van der Waals surface area contributed by atoms with Crippen LogP contribution in [0.2, 0.25) is 0 Å². The summed E-state index contributed by atoms with van der Waals surface area (Å²) in [7, 11) is 0. The molecule has 1 aliphatic carbocycles. The zero-order valence-corrected chi connectivity index (χ0v) is 8.72. The number of nitrogens with zero attached hydrogens (tertiary/aromatic N) is 2. The Balaban J connectivity index is 2.01. The Morgan fingerprint density at radius 2 is 1.21 bits per heavy atom. The lowest BCUT2D eigenvalue weighted by Gasteiger charge is -2.14. The first-order valence-electron chi connectivity index (χ1n) is 5.27. The zero-order valence-electron chi connectivity index (χ0n) is 8.72. The average Bonchev–Trinajstić information content (AvgIpc) is 2.65. The van der Waals surface area contributed by atoms with Crippen molar-refractivity contribution in [3.05, 3.63) is 22.5 Å². The van der Waals surface area contributed by atoms with Crippen LogP contribution < -0.4 is 0 Å². The fourth-order valence-corrected chi connectivity index (χ4v) is 2.60. The van der Waals surface area contributed by atoms with Gasteiger partial charge in [-0.2, -0.15) is 0 Å². The molecule has 0 aromatic rings. The lowest BCUT2D eigenvalue weighted by Crippen LogP contribution is -2.00. The molecule has 0 atom stereocenters. The average molecular weight is 186 g/mol. The molecule has 0 aromatic heterocycles. The van der Waals surface area contributed by atoms with Crippen LogP contribution in [0.15, 0.2) is 32.5 Å². The van der Waals surface area contributed by atoms with Crippen LogP contribution in [-0.2, 0) is 0 Å². The third kappa shape index (κ3) is 1.03. The minimum atomic E-state index is 1.07. The first kappa shape index (κ1) is 8.16. The van der Waals surface area contributed by atoms with Gasteiger partial charge in [-0.3, -0.25) is 9.98 Å². The second kappa shape index (κ2) is 2.66. The second-order valence-corrected chi connectivity index (χ2v) is 4.40. The number of rotatable bonds is 0. The van der Waals surface area contributed by atoms with E-state index in [0.717, 1.165) is 25.7 Å². The summed E-state index contributed by atoms with van der Waals surface area (Å²) in [5.74, 6) is 0. The molecule has 0 fully saturated rings. The van der Waals surface area contributed by atoms with E-state index >= 15 is 0 Å². The SMILES string of the molecule is CC1=NC2=C(C1)C1=C(CC2)N=C(C)C1. The Bertz CT molecular complexity index is 391. The molecule has 0 saturated carbocycles. The van der Waals surface area contributed by atoms with Gasteiger partial charge in [0.1, 0.15) is 0 Å². The largest absolute Gasteiger partial charge is 0.262 e. The van der Waals surface area contributed by atoms with Gasteiger partial charge in [-0.1, -0.05) is 0 Å². The summed E-state index contributed by atoms with van der Waals surface area (Å²) in [6.45, 7) is 4.25. The summed E-state index contributed by atoms with van der Waals surface area (Å²) in [5.41, 5.74) is 8.20. The number of aliphatic imine (C=N–C) groups is 2. The summed E-state index contributed by atoms with van der Waals surface area (Å²) in [6, 6.07) is 0. The van der Waals surface area contributed by atoms with Gasteiger partial charge in [0.05, 0.1) is 0 Å². The van der Waals surface area contributed by atoms with E-state index in [2.05, 4.69) is 23.8 Å². The van der Waals surface area contributed by atoms with Crippen LogP contribution in [0.25, 0.3) is 0 Å². The maximum atomic E-state index is 4.61. The molecule has 14 heavy (non-hydrogen) atoms. The Morgan fingerprint density at radius 1 is 0.786 bits per heavy atom. The van der Waals surface area contributed by atoms with Crippen molar-refractivity contribution in [2.45, 2.75) is 39.5 Å². The first-order chi connectivity index (χ1) is 6.74. The van der Waals surface area contributed by atoms with Gasteiger partial charge in [-0.15, -0.1) is 0 Å². The van der Waals surface area contributed by atoms with E-state index < -0.39 is 0 Å². The molecule has 2 heterocycles. The molecule has 0 saturated heterocycles. The van der Waals surface area contributed by atoms with Crippen LogP contribution in [0.4, 0.5) is 0 Å². The van der Waals surface area contributed by atoms with Gasteiger partial charge in [0.25, 0.3) is 0 Å². The van der Waals surface area contributed by atoms with E-state index in [1.54, 1.807) is 0 Å². The first-order valence-corrected chi connectivity index (χ1v) is 5.27. The molecule has 0 N–H and O–H groups in total. The second-order valence-electron chi connectivity index (χ2n) is 4.40. The topological polar surface area (TPSA) is 24.7 Å².